The summed E-state index contributed by atoms with van der Waals surface area (Å²) in [6.45, 7) is 10.0. The van der Waals surface area contributed by atoms with E-state index in [1.807, 2.05) is 39.8 Å². The third-order valence-electron chi connectivity index (χ3n) is 4.89. The molecule has 1 heterocycles. The van der Waals surface area contributed by atoms with Crippen molar-refractivity contribution in [3.8, 4) is 5.75 Å². The van der Waals surface area contributed by atoms with Crippen LogP contribution >= 0.6 is 11.6 Å². The second-order valence-corrected chi connectivity index (χ2v) is 7.51. The third kappa shape index (κ3) is 4.13. The molecule has 0 amide bonds. The van der Waals surface area contributed by atoms with E-state index in [-0.39, 0.29) is 12.4 Å². The molecule has 0 aliphatic carbocycles. The Morgan fingerprint density at radius 1 is 1.24 bits per heavy atom. The normalized spacial score (nSPS) is 19.6. The highest BCUT2D eigenvalue weighted by Gasteiger charge is 2.54. The number of rotatable bonds is 6. The number of halogens is 1. The number of esters is 1. The smallest absolute Gasteiger partial charge is 0.466 e. The number of para-hydroxylation sites is 1. The first-order valence-electron chi connectivity index (χ1n) is 8.46. The van der Waals surface area contributed by atoms with Crippen LogP contribution in [0.1, 0.15) is 52.4 Å². The number of hydrogen-bond acceptors (Lipinski definition) is 5. The van der Waals surface area contributed by atoms with Gasteiger partial charge in [0.25, 0.3) is 0 Å². The molecule has 25 heavy (non-hydrogen) atoms. The third-order valence-corrected chi connectivity index (χ3v) is 5.19. The van der Waals surface area contributed by atoms with Crippen LogP contribution in [0.4, 0.5) is 0 Å². The quantitative estimate of drug-likeness (QED) is 0.561. The molecule has 0 aromatic heterocycles. The Bertz CT molecular complexity index is 616. The second-order valence-electron chi connectivity index (χ2n) is 7.10. The Balaban J connectivity index is 2.42. The molecule has 0 saturated carbocycles. The SMILES string of the molecule is CCOC(=O)CC(B1OC(C)(C)C(C)(C)O1)c1cccc(Cl)c1OC. The van der Waals surface area contributed by atoms with Crippen LogP contribution < -0.4 is 4.74 Å². The minimum atomic E-state index is -0.609. The highest BCUT2D eigenvalue weighted by atomic mass is 35.5. The van der Waals surface area contributed by atoms with Crippen LogP contribution in [-0.4, -0.2) is 38.0 Å². The van der Waals surface area contributed by atoms with Gasteiger partial charge in [-0.1, -0.05) is 23.7 Å². The van der Waals surface area contributed by atoms with Gasteiger partial charge >= 0.3 is 13.1 Å². The first-order valence-corrected chi connectivity index (χ1v) is 8.84. The summed E-state index contributed by atoms with van der Waals surface area (Å²) in [4.78, 5) is 12.2. The van der Waals surface area contributed by atoms with Gasteiger partial charge in [-0.3, -0.25) is 4.79 Å². The predicted octanol–water partition coefficient (Wildman–Crippen LogP) is 4.02. The van der Waals surface area contributed by atoms with Crippen molar-refractivity contribution in [3.63, 3.8) is 0 Å². The van der Waals surface area contributed by atoms with Crippen molar-refractivity contribution in [2.24, 2.45) is 0 Å². The summed E-state index contributed by atoms with van der Waals surface area (Å²) >= 11 is 6.27. The van der Waals surface area contributed by atoms with Crippen molar-refractivity contribution >= 4 is 24.7 Å². The summed E-state index contributed by atoms with van der Waals surface area (Å²) in [5.74, 6) is -0.189. The molecule has 5 nitrogen and oxygen atoms in total. The fraction of sp³-hybridized carbons (Fsp3) is 0.611. The van der Waals surface area contributed by atoms with Gasteiger partial charge in [-0.05, 0) is 46.2 Å². The molecule has 1 aliphatic rings. The maximum absolute atomic E-state index is 12.2. The Morgan fingerprint density at radius 2 is 1.84 bits per heavy atom. The van der Waals surface area contributed by atoms with Crippen molar-refractivity contribution in [1.82, 2.24) is 0 Å². The fourth-order valence-corrected chi connectivity index (χ4v) is 3.10. The molecule has 138 valence electrons. The predicted molar refractivity (Wildman–Crippen MR) is 98.1 cm³/mol. The molecule has 0 radical (unpaired) electrons. The van der Waals surface area contributed by atoms with E-state index in [0.717, 1.165) is 5.56 Å². The summed E-state index contributed by atoms with van der Waals surface area (Å²) in [7, 11) is 0.942. The molecular weight excluding hydrogens is 342 g/mol. The van der Waals surface area contributed by atoms with Gasteiger partial charge in [-0.15, -0.1) is 0 Å². The molecule has 1 saturated heterocycles. The molecule has 1 unspecified atom stereocenters. The van der Waals surface area contributed by atoms with Crippen LogP contribution in [0.25, 0.3) is 0 Å². The van der Waals surface area contributed by atoms with Gasteiger partial charge < -0.3 is 18.8 Å². The van der Waals surface area contributed by atoms with E-state index in [0.29, 0.717) is 17.4 Å². The van der Waals surface area contributed by atoms with Gasteiger partial charge in [0.2, 0.25) is 0 Å². The van der Waals surface area contributed by atoms with Crippen LogP contribution in [0.2, 0.25) is 5.02 Å². The average molecular weight is 369 g/mol. The van der Waals surface area contributed by atoms with Gasteiger partial charge in [0.1, 0.15) is 5.75 Å². The van der Waals surface area contributed by atoms with Crippen LogP contribution in [0.15, 0.2) is 18.2 Å². The summed E-state index contributed by atoms with van der Waals surface area (Å²) in [5.41, 5.74) is -0.242. The largest absolute Gasteiger partial charge is 0.495 e. The van der Waals surface area contributed by atoms with Crippen LogP contribution in [-0.2, 0) is 18.8 Å². The summed E-state index contributed by atoms with van der Waals surface area (Å²) in [6.07, 6.45) is 0.112. The lowest BCUT2D eigenvalue weighted by atomic mass is 9.66. The standard InChI is InChI=1S/C18H26BClO5/c1-7-23-15(21)11-13(12-9-8-10-14(20)16(12)22-6)19-24-17(2,3)18(4,5)25-19/h8-10,13H,7,11H2,1-6H3. The fourth-order valence-electron chi connectivity index (χ4n) is 2.84. The molecule has 7 heteroatoms. The van der Waals surface area contributed by atoms with E-state index in [4.69, 9.17) is 30.4 Å². The molecule has 1 atom stereocenters. The van der Waals surface area contributed by atoms with Crippen molar-refractivity contribution in [2.45, 2.75) is 58.1 Å². The number of methoxy groups -OCH3 is 1. The lowest BCUT2D eigenvalue weighted by molar-refractivity contribution is -0.143. The zero-order valence-corrected chi connectivity index (χ0v) is 16.5. The van der Waals surface area contributed by atoms with Crippen LogP contribution in [0, 0.1) is 0 Å². The van der Waals surface area contributed by atoms with Gasteiger partial charge in [0, 0.05) is 5.82 Å². The highest BCUT2D eigenvalue weighted by molar-refractivity contribution is 6.48. The van der Waals surface area contributed by atoms with E-state index in [2.05, 4.69) is 0 Å². The number of hydrogen-bond donors (Lipinski definition) is 0. The van der Waals surface area contributed by atoms with E-state index >= 15 is 0 Å². The first-order chi connectivity index (χ1) is 11.6. The van der Waals surface area contributed by atoms with Crippen molar-refractivity contribution in [2.75, 3.05) is 13.7 Å². The molecule has 1 fully saturated rings. The number of carbonyl (C=O) groups excluding carboxylic acids is 1. The molecule has 0 N–H and O–H groups in total. The first kappa shape index (κ1) is 20.1. The maximum Gasteiger partial charge on any atom is 0.466 e. The summed E-state index contributed by atoms with van der Waals surface area (Å²) < 4.78 is 22.9. The summed E-state index contributed by atoms with van der Waals surface area (Å²) in [6, 6.07) is 5.44. The Hall–Kier alpha value is -1.24. The maximum atomic E-state index is 12.2. The van der Waals surface area contributed by atoms with E-state index in [1.165, 1.54) is 0 Å². The molecule has 2 rings (SSSR count). The number of ether oxygens (including phenoxy) is 2. The molecule has 0 bridgehead atoms. The van der Waals surface area contributed by atoms with Crippen molar-refractivity contribution in [3.05, 3.63) is 28.8 Å². The lowest BCUT2D eigenvalue weighted by Gasteiger charge is -2.32. The molecule has 1 aliphatic heterocycles. The van der Waals surface area contributed by atoms with Gasteiger partial charge in [0.15, 0.2) is 0 Å². The van der Waals surface area contributed by atoms with E-state index < -0.39 is 24.1 Å². The topological polar surface area (TPSA) is 54.0 Å². The molecule has 1 aromatic carbocycles. The van der Waals surface area contributed by atoms with Gasteiger partial charge in [-0.25, -0.2) is 0 Å². The Kier molecular flexibility index (Phi) is 6.07. The van der Waals surface area contributed by atoms with Crippen molar-refractivity contribution in [1.29, 1.82) is 0 Å². The molecular formula is C18H26BClO5. The van der Waals surface area contributed by atoms with Gasteiger partial charge in [0.05, 0.1) is 36.4 Å². The zero-order chi connectivity index (χ0) is 18.8. The average Bonchev–Trinajstić information content (AvgIpc) is 2.73. The van der Waals surface area contributed by atoms with Crippen LogP contribution in [0.5, 0.6) is 5.75 Å². The lowest BCUT2D eigenvalue weighted by Crippen LogP contribution is -2.41. The second kappa shape index (κ2) is 7.56. The number of carbonyl (C=O) groups is 1. The van der Waals surface area contributed by atoms with Crippen molar-refractivity contribution < 1.29 is 23.6 Å². The van der Waals surface area contributed by atoms with E-state index in [1.54, 1.807) is 20.1 Å². The zero-order valence-electron chi connectivity index (χ0n) is 15.7. The number of benzene rings is 1. The minimum Gasteiger partial charge on any atom is -0.495 e. The Labute approximate surface area is 155 Å². The van der Waals surface area contributed by atoms with Gasteiger partial charge in [-0.2, -0.15) is 0 Å². The van der Waals surface area contributed by atoms with E-state index in [9.17, 15) is 4.79 Å². The van der Waals surface area contributed by atoms with Crippen LogP contribution in [0.3, 0.4) is 0 Å². The monoisotopic (exact) mass is 368 g/mol. The Morgan fingerprint density at radius 3 is 2.36 bits per heavy atom. The summed E-state index contributed by atoms with van der Waals surface area (Å²) in [5, 5.41) is 0.477. The molecule has 1 aromatic rings. The molecule has 0 spiro atoms. The highest BCUT2D eigenvalue weighted by Crippen LogP contribution is 2.44. The minimum absolute atomic E-state index is 0.112.